The van der Waals surface area contributed by atoms with Crippen LogP contribution < -0.4 is 0 Å². The maximum Gasteiger partial charge on any atom is 0.303 e. The number of carboxylic acid groups (broad SMARTS) is 1. The molecule has 0 heterocycles. The molecular formula is C28H48O5. The summed E-state index contributed by atoms with van der Waals surface area (Å²) < 4.78 is 12.5. The van der Waals surface area contributed by atoms with Crippen molar-refractivity contribution in [2.75, 3.05) is 7.11 Å². The Balaban J connectivity index is 1.59. The van der Waals surface area contributed by atoms with E-state index in [9.17, 15) is 15.0 Å². The van der Waals surface area contributed by atoms with Crippen molar-refractivity contribution in [3.63, 3.8) is 0 Å². The molecule has 0 aliphatic heterocycles. The fourth-order valence-electron chi connectivity index (χ4n) is 9.40. The first-order chi connectivity index (χ1) is 15.5. The van der Waals surface area contributed by atoms with Crippen LogP contribution in [0.5, 0.6) is 0 Å². The summed E-state index contributed by atoms with van der Waals surface area (Å²) in [6.45, 7) is 11.3. The van der Waals surface area contributed by atoms with Crippen LogP contribution in [-0.2, 0) is 14.3 Å². The minimum absolute atomic E-state index is 0.142. The Kier molecular flexibility index (Phi) is 7.27. The number of aliphatic hydroxyl groups is 1. The topological polar surface area (TPSA) is 76.0 Å². The molecule has 2 N–H and O–H groups in total. The molecule has 4 aliphatic carbocycles. The summed E-state index contributed by atoms with van der Waals surface area (Å²) in [5, 5.41) is 20.9. The Morgan fingerprint density at radius 2 is 1.79 bits per heavy atom. The summed E-state index contributed by atoms with van der Waals surface area (Å²) >= 11 is 0. The molecule has 0 aromatic rings. The number of aliphatic hydroxyl groups excluding tert-OH is 1. The molecule has 4 saturated carbocycles. The summed E-state index contributed by atoms with van der Waals surface area (Å²) in [6.07, 6.45) is 9.10. The van der Waals surface area contributed by atoms with Crippen LogP contribution in [0.3, 0.4) is 0 Å². The van der Waals surface area contributed by atoms with Gasteiger partial charge in [0.15, 0.2) is 0 Å². The second kappa shape index (κ2) is 9.43. The lowest BCUT2D eigenvalue weighted by atomic mass is 9.43. The predicted molar refractivity (Wildman–Crippen MR) is 129 cm³/mol. The highest BCUT2D eigenvalue weighted by molar-refractivity contribution is 5.66. The van der Waals surface area contributed by atoms with Crippen molar-refractivity contribution in [3.05, 3.63) is 0 Å². The number of carboxylic acids is 1. The van der Waals surface area contributed by atoms with Gasteiger partial charge in [0.2, 0.25) is 0 Å². The molecule has 0 aromatic carbocycles. The largest absolute Gasteiger partial charge is 0.481 e. The van der Waals surface area contributed by atoms with Crippen molar-refractivity contribution < 1.29 is 24.5 Å². The molecule has 11 atom stereocenters. The van der Waals surface area contributed by atoms with Crippen molar-refractivity contribution in [1.29, 1.82) is 0 Å². The number of carbonyl (C=O) groups is 1. The van der Waals surface area contributed by atoms with Gasteiger partial charge in [0.1, 0.15) is 0 Å². The molecule has 4 aliphatic rings. The lowest BCUT2D eigenvalue weighted by Crippen LogP contribution is -2.62. The van der Waals surface area contributed by atoms with E-state index in [1.165, 1.54) is 6.42 Å². The maximum absolute atomic E-state index is 11.7. The fraction of sp³-hybridized carbons (Fsp3) is 0.964. The molecular weight excluding hydrogens is 416 g/mol. The smallest absolute Gasteiger partial charge is 0.303 e. The molecule has 33 heavy (non-hydrogen) atoms. The molecule has 0 saturated heterocycles. The fourth-order valence-corrected chi connectivity index (χ4v) is 9.40. The van der Waals surface area contributed by atoms with Gasteiger partial charge in [0.25, 0.3) is 0 Å². The van der Waals surface area contributed by atoms with Gasteiger partial charge < -0.3 is 19.7 Å². The van der Waals surface area contributed by atoms with E-state index < -0.39 is 5.97 Å². The number of aliphatic carboxylic acids is 1. The summed E-state index contributed by atoms with van der Waals surface area (Å²) in [7, 11) is 1.89. The van der Waals surface area contributed by atoms with Gasteiger partial charge in [0, 0.05) is 13.5 Å². The van der Waals surface area contributed by atoms with Crippen LogP contribution in [0.15, 0.2) is 0 Å². The third-order valence-corrected chi connectivity index (χ3v) is 11.1. The van der Waals surface area contributed by atoms with Crippen molar-refractivity contribution in [2.45, 2.75) is 117 Å². The Hall–Kier alpha value is -0.650. The molecule has 11 unspecified atom stereocenters. The number of rotatable bonds is 7. The summed E-state index contributed by atoms with van der Waals surface area (Å²) in [4.78, 5) is 11.2. The van der Waals surface area contributed by atoms with Gasteiger partial charge in [-0.1, -0.05) is 20.8 Å². The van der Waals surface area contributed by atoms with E-state index in [-0.39, 0.29) is 35.6 Å². The van der Waals surface area contributed by atoms with E-state index in [2.05, 4.69) is 34.6 Å². The second-order valence-corrected chi connectivity index (χ2v) is 12.8. The minimum atomic E-state index is -0.714. The minimum Gasteiger partial charge on any atom is -0.481 e. The lowest BCUT2D eigenvalue weighted by Gasteiger charge is -2.64. The predicted octanol–water partition coefficient (Wildman–Crippen LogP) is 5.54. The van der Waals surface area contributed by atoms with Crippen LogP contribution in [0.1, 0.15) is 92.4 Å². The third-order valence-electron chi connectivity index (χ3n) is 11.1. The van der Waals surface area contributed by atoms with Gasteiger partial charge in [-0.3, -0.25) is 4.79 Å². The monoisotopic (exact) mass is 464 g/mol. The first-order valence-corrected chi connectivity index (χ1v) is 13.6. The maximum atomic E-state index is 11.7. The molecule has 0 amide bonds. The Morgan fingerprint density at radius 3 is 2.42 bits per heavy atom. The highest BCUT2D eigenvalue weighted by Crippen LogP contribution is 2.68. The number of fused-ring (bicyclic) bond motifs is 5. The van der Waals surface area contributed by atoms with Crippen LogP contribution in [0.2, 0.25) is 0 Å². The highest BCUT2D eigenvalue weighted by Gasteiger charge is 2.66. The lowest BCUT2D eigenvalue weighted by molar-refractivity contribution is -0.215. The molecule has 0 spiro atoms. The average molecular weight is 465 g/mol. The van der Waals surface area contributed by atoms with Crippen molar-refractivity contribution in [1.82, 2.24) is 0 Å². The zero-order valence-electron chi connectivity index (χ0n) is 21.8. The van der Waals surface area contributed by atoms with E-state index in [4.69, 9.17) is 9.47 Å². The number of hydrogen-bond acceptors (Lipinski definition) is 4. The molecule has 4 fully saturated rings. The number of ether oxygens (including phenoxy) is 2. The number of hydrogen-bond donors (Lipinski definition) is 2. The van der Waals surface area contributed by atoms with Gasteiger partial charge in [0.05, 0.1) is 24.4 Å². The molecule has 0 bridgehead atoms. The van der Waals surface area contributed by atoms with Crippen LogP contribution in [-0.4, -0.2) is 47.7 Å². The molecule has 5 nitrogen and oxygen atoms in total. The SMILES string of the molecule is COC1CC2CC(OC(C)C)CCC2(C)C2CC(O)C3(C)C(C(C)CCC(=O)O)CCC3C12. The Bertz CT molecular complexity index is 708. The third kappa shape index (κ3) is 4.29. The quantitative estimate of drug-likeness (QED) is 0.518. The molecule has 0 radical (unpaired) electrons. The van der Waals surface area contributed by atoms with Gasteiger partial charge in [-0.2, -0.15) is 0 Å². The standard InChI is InChI=1S/C28H48O5/c1-16(2)33-19-11-12-27(4)18(13-19)14-23(32-6)26-21-9-8-20(17(3)7-10-25(30)31)28(21,5)24(29)15-22(26)27/h16-24,26,29H,7-15H2,1-6H3,(H,30,31). The average Bonchev–Trinajstić information content (AvgIpc) is 3.11. The van der Waals surface area contributed by atoms with E-state index >= 15 is 0 Å². The normalized spacial score (nSPS) is 48.1. The van der Waals surface area contributed by atoms with Crippen LogP contribution >= 0.6 is 0 Å². The van der Waals surface area contributed by atoms with Gasteiger partial charge in [-0.15, -0.1) is 0 Å². The molecule has 190 valence electrons. The summed E-state index contributed by atoms with van der Waals surface area (Å²) in [6, 6.07) is 0. The molecule has 0 aromatic heterocycles. The van der Waals surface area contributed by atoms with Crippen LogP contribution in [0, 0.1) is 46.3 Å². The Morgan fingerprint density at radius 1 is 1.06 bits per heavy atom. The van der Waals surface area contributed by atoms with Gasteiger partial charge in [-0.05, 0) is 112 Å². The van der Waals surface area contributed by atoms with E-state index in [1.54, 1.807) is 0 Å². The summed E-state index contributed by atoms with van der Waals surface area (Å²) in [5.41, 5.74) is 0.100. The van der Waals surface area contributed by atoms with Crippen LogP contribution in [0.4, 0.5) is 0 Å². The Labute approximate surface area is 201 Å². The molecule has 4 rings (SSSR count). The first kappa shape index (κ1) is 25.4. The van der Waals surface area contributed by atoms with Gasteiger partial charge >= 0.3 is 5.97 Å². The van der Waals surface area contributed by atoms with Crippen molar-refractivity contribution >= 4 is 5.97 Å². The highest BCUT2D eigenvalue weighted by atomic mass is 16.5. The van der Waals surface area contributed by atoms with E-state index in [0.717, 1.165) is 38.5 Å². The zero-order valence-corrected chi connectivity index (χ0v) is 21.8. The molecule has 5 heteroatoms. The number of methoxy groups -OCH3 is 1. The van der Waals surface area contributed by atoms with Crippen LogP contribution in [0.25, 0.3) is 0 Å². The van der Waals surface area contributed by atoms with Crippen molar-refractivity contribution in [2.24, 2.45) is 46.3 Å². The van der Waals surface area contributed by atoms with Gasteiger partial charge in [-0.25, -0.2) is 0 Å². The van der Waals surface area contributed by atoms with E-state index in [1.807, 2.05) is 7.11 Å². The zero-order chi connectivity index (χ0) is 24.1. The second-order valence-electron chi connectivity index (χ2n) is 12.8. The van der Waals surface area contributed by atoms with E-state index in [0.29, 0.717) is 48.0 Å². The van der Waals surface area contributed by atoms with Crippen molar-refractivity contribution in [3.8, 4) is 0 Å². The summed E-state index contributed by atoms with van der Waals surface area (Å²) in [5.74, 6) is 2.01. The first-order valence-electron chi connectivity index (χ1n) is 13.6.